The zero-order valence-electron chi connectivity index (χ0n) is 14.7. The zero-order chi connectivity index (χ0) is 16.4. The molecule has 4 fully saturated rings. The molecule has 1 aromatic rings. The number of carbonyl (C=O) groups excluding carboxylic acids is 1. The summed E-state index contributed by atoms with van der Waals surface area (Å²) in [4.78, 5) is 15.4. The normalized spacial score (nSPS) is 32.8. The number of nitrogens with zero attached hydrogens (tertiary/aromatic N) is 1. The maximum atomic E-state index is 12.9. The molecule has 3 saturated carbocycles. The fourth-order valence-corrected chi connectivity index (χ4v) is 5.01. The van der Waals surface area contributed by atoms with E-state index < -0.39 is 0 Å². The number of likely N-dealkylation sites (tertiary alicyclic amines) is 1. The molecule has 24 heavy (non-hydrogen) atoms. The van der Waals surface area contributed by atoms with Crippen LogP contribution in [0.3, 0.4) is 0 Å². The average molecular weight is 326 g/mol. The predicted octanol–water partition coefficient (Wildman–Crippen LogP) is 3.39. The lowest BCUT2D eigenvalue weighted by Crippen LogP contribution is -2.50. The summed E-state index contributed by atoms with van der Waals surface area (Å²) in [5, 5.41) is 3.41. The monoisotopic (exact) mass is 326 g/mol. The Bertz CT molecular complexity index is 549. The first-order chi connectivity index (χ1) is 11.7. The molecular weight excluding hydrogens is 296 g/mol. The van der Waals surface area contributed by atoms with Crippen molar-refractivity contribution in [3.8, 4) is 0 Å². The summed E-state index contributed by atoms with van der Waals surface area (Å²) in [6, 6.07) is 11.1. The van der Waals surface area contributed by atoms with E-state index in [9.17, 15) is 4.79 Å². The summed E-state index contributed by atoms with van der Waals surface area (Å²) in [5.74, 6) is 1.29. The summed E-state index contributed by atoms with van der Waals surface area (Å²) in [6.07, 6.45) is 9.45. The second-order valence-corrected chi connectivity index (χ2v) is 8.26. The maximum absolute atomic E-state index is 12.9. The van der Waals surface area contributed by atoms with Crippen LogP contribution in [-0.2, 0) is 11.2 Å². The smallest absolute Gasteiger partial charge is 0.226 e. The third kappa shape index (κ3) is 3.37. The SMILES string of the molecule is O=C(NC1CCN(CCc2ccccc2)C1)C12CCC(CC1)CC2. The average Bonchev–Trinajstić information content (AvgIpc) is 3.10. The van der Waals surface area contributed by atoms with Crippen LogP contribution >= 0.6 is 0 Å². The quantitative estimate of drug-likeness (QED) is 0.899. The summed E-state index contributed by atoms with van der Waals surface area (Å²) in [6.45, 7) is 3.24. The fourth-order valence-electron chi connectivity index (χ4n) is 5.01. The third-order valence-corrected chi connectivity index (χ3v) is 6.74. The lowest BCUT2D eigenvalue weighted by atomic mass is 9.60. The second-order valence-electron chi connectivity index (χ2n) is 8.26. The Morgan fingerprint density at radius 3 is 2.50 bits per heavy atom. The lowest BCUT2D eigenvalue weighted by molar-refractivity contribution is -0.137. The molecule has 1 atom stereocenters. The Balaban J connectivity index is 1.25. The Hall–Kier alpha value is -1.35. The molecule has 0 aromatic heterocycles. The second kappa shape index (κ2) is 6.87. The van der Waals surface area contributed by atoms with Gasteiger partial charge in [0, 0.05) is 31.1 Å². The van der Waals surface area contributed by atoms with Gasteiger partial charge in [0.1, 0.15) is 0 Å². The van der Waals surface area contributed by atoms with Crippen LogP contribution in [-0.4, -0.2) is 36.5 Å². The molecule has 1 aromatic carbocycles. The van der Waals surface area contributed by atoms with Crippen molar-refractivity contribution in [1.29, 1.82) is 0 Å². The molecule has 4 aliphatic rings. The van der Waals surface area contributed by atoms with Gasteiger partial charge in [-0.3, -0.25) is 4.79 Å². The highest BCUT2D eigenvalue weighted by atomic mass is 16.2. The van der Waals surface area contributed by atoms with E-state index in [1.165, 1.54) is 24.8 Å². The van der Waals surface area contributed by atoms with Crippen molar-refractivity contribution >= 4 is 5.91 Å². The molecule has 1 heterocycles. The standard InChI is InChI=1S/C21H30N2O/c24-20(21-11-6-18(7-12-21)8-13-21)22-19-10-15-23(16-19)14-9-17-4-2-1-3-5-17/h1-5,18-19H,6-16H2,(H,22,24). The molecule has 1 amide bonds. The molecule has 0 spiro atoms. The number of hydrogen-bond acceptors (Lipinski definition) is 2. The first kappa shape index (κ1) is 16.1. The first-order valence-corrected chi connectivity index (χ1v) is 9.81. The minimum absolute atomic E-state index is 0.00773. The summed E-state index contributed by atoms with van der Waals surface area (Å²) >= 11 is 0. The highest BCUT2D eigenvalue weighted by Gasteiger charge is 2.46. The Labute approximate surface area is 145 Å². The van der Waals surface area contributed by atoms with Gasteiger partial charge < -0.3 is 10.2 Å². The van der Waals surface area contributed by atoms with Gasteiger partial charge >= 0.3 is 0 Å². The maximum Gasteiger partial charge on any atom is 0.226 e. The minimum atomic E-state index is -0.00773. The topological polar surface area (TPSA) is 32.3 Å². The van der Waals surface area contributed by atoms with Crippen molar-refractivity contribution in [2.24, 2.45) is 11.3 Å². The van der Waals surface area contributed by atoms with Crippen LogP contribution < -0.4 is 5.32 Å². The van der Waals surface area contributed by atoms with E-state index in [4.69, 9.17) is 0 Å². The molecule has 3 heteroatoms. The summed E-state index contributed by atoms with van der Waals surface area (Å²) in [5.41, 5.74) is 1.40. The van der Waals surface area contributed by atoms with Crippen LogP contribution in [0.4, 0.5) is 0 Å². The van der Waals surface area contributed by atoms with Crippen LogP contribution in [0.15, 0.2) is 30.3 Å². The summed E-state index contributed by atoms with van der Waals surface area (Å²) < 4.78 is 0. The van der Waals surface area contributed by atoms with Crippen molar-refractivity contribution in [2.45, 2.75) is 57.4 Å². The molecule has 3 nitrogen and oxygen atoms in total. The molecule has 130 valence electrons. The van der Waals surface area contributed by atoms with Crippen molar-refractivity contribution in [3.63, 3.8) is 0 Å². The highest BCUT2D eigenvalue weighted by Crippen LogP contribution is 2.50. The zero-order valence-corrected chi connectivity index (χ0v) is 14.7. The van der Waals surface area contributed by atoms with E-state index in [1.807, 2.05) is 0 Å². The van der Waals surface area contributed by atoms with Crippen LogP contribution in [0.25, 0.3) is 0 Å². The molecule has 1 unspecified atom stereocenters. The van der Waals surface area contributed by atoms with Gasteiger partial charge in [-0.2, -0.15) is 0 Å². The van der Waals surface area contributed by atoms with Gasteiger partial charge in [-0.05, 0) is 62.8 Å². The van der Waals surface area contributed by atoms with Crippen molar-refractivity contribution < 1.29 is 4.79 Å². The third-order valence-electron chi connectivity index (χ3n) is 6.74. The van der Waals surface area contributed by atoms with Gasteiger partial charge in [0.25, 0.3) is 0 Å². The number of hydrogen-bond donors (Lipinski definition) is 1. The Kier molecular flexibility index (Phi) is 4.62. The van der Waals surface area contributed by atoms with Gasteiger partial charge in [0.05, 0.1) is 0 Å². The largest absolute Gasteiger partial charge is 0.352 e. The van der Waals surface area contributed by atoms with Crippen LogP contribution in [0.5, 0.6) is 0 Å². The van der Waals surface area contributed by atoms with Gasteiger partial charge in [0.2, 0.25) is 5.91 Å². The van der Waals surface area contributed by atoms with Gasteiger partial charge in [-0.1, -0.05) is 30.3 Å². The van der Waals surface area contributed by atoms with Crippen LogP contribution in [0.1, 0.15) is 50.5 Å². The number of rotatable bonds is 5. The number of carbonyl (C=O) groups is 1. The van der Waals surface area contributed by atoms with E-state index in [-0.39, 0.29) is 5.41 Å². The molecule has 3 aliphatic carbocycles. The number of fused-ring (bicyclic) bond motifs is 3. The molecule has 1 saturated heterocycles. The van der Waals surface area contributed by atoms with Gasteiger partial charge in [0.15, 0.2) is 0 Å². The molecule has 5 rings (SSSR count). The van der Waals surface area contributed by atoms with E-state index in [1.54, 1.807) is 0 Å². The van der Waals surface area contributed by atoms with E-state index in [0.29, 0.717) is 11.9 Å². The van der Waals surface area contributed by atoms with Crippen molar-refractivity contribution in [3.05, 3.63) is 35.9 Å². The van der Waals surface area contributed by atoms with E-state index >= 15 is 0 Å². The van der Waals surface area contributed by atoms with Crippen LogP contribution in [0.2, 0.25) is 0 Å². The highest BCUT2D eigenvalue weighted by molar-refractivity contribution is 5.83. The first-order valence-electron chi connectivity index (χ1n) is 9.81. The predicted molar refractivity (Wildman–Crippen MR) is 96.8 cm³/mol. The Morgan fingerprint density at radius 1 is 1.08 bits per heavy atom. The van der Waals surface area contributed by atoms with E-state index in [2.05, 4.69) is 40.5 Å². The molecule has 1 aliphatic heterocycles. The molecule has 1 N–H and O–H groups in total. The number of benzene rings is 1. The molecular formula is C21H30N2O. The molecule has 0 radical (unpaired) electrons. The van der Waals surface area contributed by atoms with Crippen molar-refractivity contribution in [1.82, 2.24) is 10.2 Å². The fraction of sp³-hybridized carbons (Fsp3) is 0.667. The molecule has 2 bridgehead atoms. The van der Waals surface area contributed by atoms with Gasteiger partial charge in [-0.15, -0.1) is 0 Å². The van der Waals surface area contributed by atoms with Gasteiger partial charge in [-0.25, -0.2) is 0 Å². The number of amides is 1. The Morgan fingerprint density at radius 2 is 1.79 bits per heavy atom. The van der Waals surface area contributed by atoms with E-state index in [0.717, 1.165) is 57.7 Å². The van der Waals surface area contributed by atoms with Crippen molar-refractivity contribution in [2.75, 3.05) is 19.6 Å². The van der Waals surface area contributed by atoms with Crippen LogP contribution in [0, 0.1) is 11.3 Å². The summed E-state index contributed by atoms with van der Waals surface area (Å²) in [7, 11) is 0. The number of nitrogens with one attached hydrogen (secondary N) is 1. The lowest BCUT2D eigenvalue weighted by Gasteiger charge is -2.45. The minimum Gasteiger partial charge on any atom is -0.352 e.